The minimum atomic E-state index is 1.16. The Bertz CT molecular complexity index is 125. The van der Waals surface area contributed by atoms with Gasteiger partial charge < -0.3 is 9.80 Å². The molecule has 0 saturated heterocycles. The van der Waals surface area contributed by atoms with E-state index >= 15 is 0 Å². The van der Waals surface area contributed by atoms with Crippen LogP contribution in [0.4, 0.5) is 0 Å². The van der Waals surface area contributed by atoms with Gasteiger partial charge in [-0.2, -0.15) is 0 Å². The summed E-state index contributed by atoms with van der Waals surface area (Å²) in [4.78, 5) is 4.89. The highest BCUT2D eigenvalue weighted by molar-refractivity contribution is 4.57. The predicted molar refractivity (Wildman–Crippen MR) is 90.0 cm³/mol. The van der Waals surface area contributed by atoms with E-state index in [4.69, 9.17) is 0 Å². The third kappa shape index (κ3) is 17.9. The Hall–Kier alpha value is -0.0800. The van der Waals surface area contributed by atoms with Gasteiger partial charge in [-0.05, 0) is 59.0 Å². The Morgan fingerprint density at radius 2 is 0.895 bits per heavy atom. The molecule has 0 aliphatic heterocycles. The topological polar surface area (TPSA) is 6.48 Å². The summed E-state index contributed by atoms with van der Waals surface area (Å²) in [5.74, 6) is 0. The van der Waals surface area contributed by atoms with Crippen LogP contribution < -0.4 is 0 Å². The molecule has 0 bridgehead atoms. The zero-order valence-corrected chi connectivity index (χ0v) is 14.7. The van der Waals surface area contributed by atoms with Crippen molar-refractivity contribution in [2.24, 2.45) is 0 Å². The lowest BCUT2D eigenvalue weighted by Crippen LogP contribution is -2.27. The van der Waals surface area contributed by atoms with Crippen molar-refractivity contribution < 1.29 is 0 Å². The maximum Gasteiger partial charge on any atom is -0.00188 e. The summed E-state index contributed by atoms with van der Waals surface area (Å²) in [7, 11) is 2.11. The lowest BCUT2D eigenvalue weighted by atomic mass is 10.2. The second-order valence-electron chi connectivity index (χ2n) is 5.39. The summed E-state index contributed by atoms with van der Waals surface area (Å²) < 4.78 is 0. The molecular formula is C17H40N2. The number of unbranched alkanes of at least 4 members (excludes halogenated alkanes) is 3. The van der Waals surface area contributed by atoms with E-state index in [-0.39, 0.29) is 0 Å². The van der Waals surface area contributed by atoms with Crippen molar-refractivity contribution in [2.45, 2.75) is 73.1 Å². The molecule has 19 heavy (non-hydrogen) atoms. The molecule has 0 rings (SSSR count). The van der Waals surface area contributed by atoms with Crippen molar-refractivity contribution in [1.82, 2.24) is 9.80 Å². The monoisotopic (exact) mass is 272 g/mol. The van der Waals surface area contributed by atoms with Gasteiger partial charge in [0.1, 0.15) is 0 Å². The third-order valence-corrected chi connectivity index (χ3v) is 3.56. The molecule has 0 saturated carbocycles. The van der Waals surface area contributed by atoms with Gasteiger partial charge >= 0.3 is 0 Å². The van der Waals surface area contributed by atoms with Crippen LogP contribution >= 0.6 is 0 Å². The van der Waals surface area contributed by atoms with Crippen LogP contribution in [0.1, 0.15) is 73.1 Å². The molecule has 2 heteroatoms. The van der Waals surface area contributed by atoms with Crippen molar-refractivity contribution in [3.63, 3.8) is 0 Å². The minimum absolute atomic E-state index is 1.16. The van der Waals surface area contributed by atoms with Gasteiger partial charge in [0.25, 0.3) is 0 Å². The molecule has 0 aromatic rings. The van der Waals surface area contributed by atoms with E-state index in [2.05, 4.69) is 51.5 Å². The zero-order valence-electron chi connectivity index (χ0n) is 14.7. The standard InChI is InChI=1S/C12H27N.C5H13N/c1-4-7-10-13(11-8-5-2)12-9-6-3;1-4-6(3)5-2/h4-12H2,1-3H3;4-5H2,1-3H3. The van der Waals surface area contributed by atoms with Crippen molar-refractivity contribution in [1.29, 1.82) is 0 Å². The molecule has 2 nitrogen and oxygen atoms in total. The van der Waals surface area contributed by atoms with E-state index in [0.717, 1.165) is 13.1 Å². The molecule has 0 fully saturated rings. The van der Waals surface area contributed by atoms with Gasteiger partial charge in [0, 0.05) is 0 Å². The number of nitrogens with zero attached hydrogens (tertiary/aromatic N) is 2. The van der Waals surface area contributed by atoms with Crippen LogP contribution in [0.15, 0.2) is 0 Å². The number of hydrogen-bond acceptors (Lipinski definition) is 2. The summed E-state index contributed by atoms with van der Waals surface area (Å²) in [5, 5.41) is 0. The minimum Gasteiger partial charge on any atom is -0.307 e. The third-order valence-electron chi connectivity index (χ3n) is 3.56. The van der Waals surface area contributed by atoms with Crippen LogP contribution in [-0.4, -0.2) is 49.6 Å². The molecule has 0 radical (unpaired) electrons. The molecule has 0 atom stereocenters. The van der Waals surface area contributed by atoms with Crippen LogP contribution in [0.25, 0.3) is 0 Å². The molecule has 0 N–H and O–H groups in total. The largest absolute Gasteiger partial charge is 0.307 e. The first kappa shape index (κ1) is 21.2. The molecule has 0 unspecified atom stereocenters. The summed E-state index contributed by atoms with van der Waals surface area (Å²) >= 11 is 0. The highest BCUT2D eigenvalue weighted by atomic mass is 15.1. The van der Waals surface area contributed by atoms with E-state index in [9.17, 15) is 0 Å². The second kappa shape index (κ2) is 17.9. The van der Waals surface area contributed by atoms with E-state index in [0.29, 0.717) is 0 Å². The van der Waals surface area contributed by atoms with Gasteiger partial charge in [-0.25, -0.2) is 0 Å². The first-order valence-electron chi connectivity index (χ1n) is 8.56. The summed E-state index contributed by atoms with van der Waals surface area (Å²) in [6.45, 7) is 17.4. The van der Waals surface area contributed by atoms with Crippen molar-refractivity contribution in [3.8, 4) is 0 Å². The summed E-state index contributed by atoms with van der Waals surface area (Å²) in [6.07, 6.45) is 8.09. The lowest BCUT2D eigenvalue weighted by Gasteiger charge is -2.21. The maximum absolute atomic E-state index is 2.64. The Balaban J connectivity index is 0. The Morgan fingerprint density at radius 1 is 0.579 bits per heavy atom. The second-order valence-corrected chi connectivity index (χ2v) is 5.39. The molecular weight excluding hydrogens is 232 g/mol. The van der Waals surface area contributed by atoms with Crippen molar-refractivity contribution in [2.75, 3.05) is 39.8 Å². The van der Waals surface area contributed by atoms with E-state index in [1.54, 1.807) is 0 Å². The fourth-order valence-electron chi connectivity index (χ4n) is 1.70. The molecule has 0 aromatic heterocycles. The molecule has 0 spiro atoms. The highest BCUT2D eigenvalue weighted by Crippen LogP contribution is 2.01. The predicted octanol–water partition coefficient (Wildman–Crippen LogP) is 4.65. The Kier molecular flexibility index (Phi) is 20.0. The zero-order chi connectivity index (χ0) is 14.9. The van der Waals surface area contributed by atoms with Gasteiger partial charge in [-0.3, -0.25) is 0 Å². The SMILES string of the molecule is CCCCN(CCCC)CCCC.CCN(C)CC. The summed E-state index contributed by atoms with van der Waals surface area (Å²) in [6, 6.07) is 0. The summed E-state index contributed by atoms with van der Waals surface area (Å²) in [5.41, 5.74) is 0. The maximum atomic E-state index is 2.64. The first-order chi connectivity index (χ1) is 9.15. The fraction of sp³-hybridized carbons (Fsp3) is 1.00. The average molecular weight is 273 g/mol. The average Bonchev–Trinajstić information content (AvgIpc) is 2.46. The van der Waals surface area contributed by atoms with Crippen LogP contribution in [0.2, 0.25) is 0 Å². The Morgan fingerprint density at radius 3 is 1.05 bits per heavy atom. The fourth-order valence-corrected chi connectivity index (χ4v) is 1.70. The van der Waals surface area contributed by atoms with Crippen molar-refractivity contribution in [3.05, 3.63) is 0 Å². The number of rotatable bonds is 11. The molecule has 0 aliphatic carbocycles. The molecule has 0 aromatic carbocycles. The first-order valence-corrected chi connectivity index (χ1v) is 8.56. The van der Waals surface area contributed by atoms with E-state index in [1.807, 2.05) is 0 Å². The quantitative estimate of drug-likeness (QED) is 0.540. The molecule has 118 valence electrons. The smallest absolute Gasteiger partial charge is 0.00188 e. The lowest BCUT2D eigenvalue weighted by molar-refractivity contribution is 0.261. The molecule has 0 amide bonds. The van der Waals surface area contributed by atoms with Crippen molar-refractivity contribution >= 4 is 0 Å². The van der Waals surface area contributed by atoms with Gasteiger partial charge in [-0.15, -0.1) is 0 Å². The van der Waals surface area contributed by atoms with E-state index in [1.165, 1.54) is 58.2 Å². The molecule has 0 heterocycles. The Labute approximate surface area is 123 Å². The molecule has 0 aliphatic rings. The van der Waals surface area contributed by atoms with Gasteiger partial charge in [0.2, 0.25) is 0 Å². The van der Waals surface area contributed by atoms with Crippen LogP contribution in [0, 0.1) is 0 Å². The normalized spacial score (nSPS) is 10.7. The van der Waals surface area contributed by atoms with Gasteiger partial charge in [0.15, 0.2) is 0 Å². The van der Waals surface area contributed by atoms with E-state index < -0.39 is 0 Å². The van der Waals surface area contributed by atoms with Crippen LogP contribution in [0.5, 0.6) is 0 Å². The van der Waals surface area contributed by atoms with Gasteiger partial charge in [-0.1, -0.05) is 53.9 Å². The number of hydrogen-bond donors (Lipinski definition) is 0. The van der Waals surface area contributed by atoms with Crippen LogP contribution in [0.3, 0.4) is 0 Å². The van der Waals surface area contributed by atoms with Gasteiger partial charge in [0.05, 0.1) is 0 Å². The van der Waals surface area contributed by atoms with Crippen LogP contribution in [-0.2, 0) is 0 Å². The highest BCUT2D eigenvalue weighted by Gasteiger charge is 2.01.